The Balaban J connectivity index is 1.44. The first-order valence-electron chi connectivity index (χ1n) is 9.91. The van der Waals surface area contributed by atoms with E-state index in [1.165, 1.54) is 12.3 Å². The van der Waals surface area contributed by atoms with E-state index >= 15 is 0 Å². The maximum absolute atomic E-state index is 13.9. The summed E-state index contributed by atoms with van der Waals surface area (Å²) in [5.41, 5.74) is -0.352. The van der Waals surface area contributed by atoms with Crippen molar-refractivity contribution in [3.05, 3.63) is 54.0 Å². The molecule has 2 atom stereocenters. The van der Waals surface area contributed by atoms with E-state index in [0.717, 1.165) is 19.1 Å². The smallest absolute Gasteiger partial charge is 0.276 e. The van der Waals surface area contributed by atoms with E-state index in [9.17, 15) is 18.4 Å². The Labute approximate surface area is 172 Å². The van der Waals surface area contributed by atoms with Gasteiger partial charge in [-0.15, -0.1) is 0 Å². The lowest BCUT2D eigenvalue weighted by Gasteiger charge is -2.37. The third kappa shape index (κ3) is 3.58. The summed E-state index contributed by atoms with van der Waals surface area (Å²) in [4.78, 5) is 29.0. The fourth-order valence-electron chi connectivity index (χ4n) is 4.47. The van der Waals surface area contributed by atoms with Gasteiger partial charge in [0.15, 0.2) is 11.3 Å². The number of aromatic nitrogens is 1. The number of halogens is 2. The minimum atomic E-state index is -0.984. The van der Waals surface area contributed by atoms with Crippen LogP contribution in [0.2, 0.25) is 0 Å². The number of hydrogen-bond donors (Lipinski definition) is 0. The molecule has 3 aliphatic rings. The standard InChI is InChI=1S/C21H23F2N3O4/c1-13(11-15(23)12-14(2)22)17-3-4-18-26(17)20(28)21(30-18)6-8-25(9-7-21)19(27)16-5-10-29-24-16/h5,10-12,17-18H,1,3-4,6-9H2,2H3/b14-12+,15-11+/t17-,18+/m0/s1. The first kappa shape index (κ1) is 20.5. The second-order valence-corrected chi connectivity index (χ2v) is 7.88. The molecule has 9 heteroatoms. The monoisotopic (exact) mass is 419 g/mol. The number of rotatable bonds is 4. The normalized spacial score (nSPS) is 26.4. The zero-order chi connectivity index (χ0) is 21.5. The van der Waals surface area contributed by atoms with Crippen LogP contribution in [-0.4, -0.2) is 57.7 Å². The van der Waals surface area contributed by atoms with Crippen molar-refractivity contribution in [2.45, 2.75) is 50.5 Å². The van der Waals surface area contributed by atoms with Gasteiger partial charge >= 0.3 is 0 Å². The molecule has 1 aromatic rings. The number of hydrogen-bond acceptors (Lipinski definition) is 5. The summed E-state index contributed by atoms with van der Waals surface area (Å²) in [6, 6.07) is 1.11. The van der Waals surface area contributed by atoms with Crippen molar-refractivity contribution < 1.29 is 27.6 Å². The molecule has 4 rings (SSSR count). The van der Waals surface area contributed by atoms with Gasteiger partial charge in [0.25, 0.3) is 11.8 Å². The Kier molecular flexibility index (Phi) is 5.31. The number of nitrogens with zero attached hydrogens (tertiary/aromatic N) is 3. The molecule has 0 N–H and O–H groups in total. The van der Waals surface area contributed by atoms with E-state index in [1.54, 1.807) is 9.80 Å². The molecule has 3 saturated heterocycles. The molecule has 0 radical (unpaired) electrons. The molecule has 0 unspecified atom stereocenters. The van der Waals surface area contributed by atoms with Crippen LogP contribution in [-0.2, 0) is 9.53 Å². The maximum atomic E-state index is 13.9. The van der Waals surface area contributed by atoms with Crippen molar-refractivity contribution in [2.75, 3.05) is 13.1 Å². The van der Waals surface area contributed by atoms with Crippen LogP contribution in [0.4, 0.5) is 8.78 Å². The third-order valence-corrected chi connectivity index (χ3v) is 5.92. The SMILES string of the molecule is C=C(/C=C(F)\C=C(/C)F)[C@@H]1CC[C@H]2OC3(CCN(C(=O)c4ccon4)CC3)C(=O)N21. The molecular formula is C21H23F2N3O4. The van der Waals surface area contributed by atoms with Crippen molar-refractivity contribution in [1.82, 2.24) is 15.0 Å². The highest BCUT2D eigenvalue weighted by Crippen LogP contribution is 2.44. The first-order valence-corrected chi connectivity index (χ1v) is 9.91. The van der Waals surface area contributed by atoms with Crippen molar-refractivity contribution in [2.24, 2.45) is 0 Å². The number of allylic oxidation sites excluding steroid dienone is 3. The van der Waals surface area contributed by atoms with Crippen molar-refractivity contribution >= 4 is 11.8 Å². The molecule has 1 aromatic heterocycles. The Hall–Kier alpha value is -2.81. The average Bonchev–Trinajstić information content (AvgIpc) is 3.41. The van der Waals surface area contributed by atoms with E-state index in [-0.39, 0.29) is 17.5 Å². The van der Waals surface area contributed by atoms with Crippen LogP contribution in [0.3, 0.4) is 0 Å². The summed E-state index contributed by atoms with van der Waals surface area (Å²) in [7, 11) is 0. The molecule has 160 valence electrons. The third-order valence-electron chi connectivity index (χ3n) is 5.92. The molecule has 3 aliphatic heterocycles. The summed E-state index contributed by atoms with van der Waals surface area (Å²) < 4.78 is 37.7. The van der Waals surface area contributed by atoms with Gasteiger partial charge in [-0.2, -0.15) is 0 Å². The minimum absolute atomic E-state index is 0.157. The quantitative estimate of drug-likeness (QED) is 0.700. The van der Waals surface area contributed by atoms with E-state index in [2.05, 4.69) is 11.7 Å². The van der Waals surface area contributed by atoms with E-state index in [0.29, 0.717) is 44.3 Å². The second-order valence-electron chi connectivity index (χ2n) is 7.88. The number of ether oxygens (including phenoxy) is 1. The van der Waals surface area contributed by atoms with Crippen LogP contribution in [0.5, 0.6) is 0 Å². The van der Waals surface area contributed by atoms with Crippen LogP contribution in [0.15, 0.2) is 52.8 Å². The van der Waals surface area contributed by atoms with Gasteiger partial charge in [-0.05, 0) is 31.4 Å². The average molecular weight is 419 g/mol. The summed E-state index contributed by atoms with van der Waals surface area (Å²) in [5, 5.41) is 3.67. The molecule has 0 saturated carbocycles. The lowest BCUT2D eigenvalue weighted by Crippen LogP contribution is -2.52. The molecule has 4 heterocycles. The van der Waals surface area contributed by atoms with Crippen molar-refractivity contribution in [1.29, 1.82) is 0 Å². The first-order chi connectivity index (χ1) is 14.3. The molecule has 30 heavy (non-hydrogen) atoms. The van der Waals surface area contributed by atoms with Crippen molar-refractivity contribution in [3.63, 3.8) is 0 Å². The number of likely N-dealkylation sites (tertiary alicyclic amines) is 1. The molecule has 0 aliphatic carbocycles. The van der Waals surface area contributed by atoms with E-state index < -0.39 is 29.5 Å². The highest BCUT2D eigenvalue weighted by atomic mass is 19.1. The summed E-state index contributed by atoms with van der Waals surface area (Å²) in [6.07, 6.45) is 4.84. The highest BCUT2D eigenvalue weighted by Gasteiger charge is 2.58. The Morgan fingerprint density at radius 2 is 2.03 bits per heavy atom. The fraction of sp³-hybridized carbons (Fsp3) is 0.476. The van der Waals surface area contributed by atoms with Gasteiger partial charge in [0, 0.05) is 38.1 Å². The minimum Gasteiger partial charge on any atom is -0.364 e. The Bertz CT molecular complexity index is 913. The number of fused-ring (bicyclic) bond motifs is 1. The van der Waals surface area contributed by atoms with Crippen LogP contribution in [0.1, 0.15) is 43.1 Å². The van der Waals surface area contributed by atoms with Crippen LogP contribution < -0.4 is 0 Å². The number of piperidine rings is 1. The molecule has 7 nitrogen and oxygen atoms in total. The Morgan fingerprint density at radius 1 is 1.30 bits per heavy atom. The van der Waals surface area contributed by atoms with Gasteiger partial charge in [-0.25, -0.2) is 8.78 Å². The highest BCUT2D eigenvalue weighted by molar-refractivity contribution is 5.93. The topological polar surface area (TPSA) is 75.9 Å². The molecule has 3 fully saturated rings. The maximum Gasteiger partial charge on any atom is 0.276 e. The summed E-state index contributed by atoms with van der Waals surface area (Å²) >= 11 is 0. The van der Waals surface area contributed by atoms with Gasteiger partial charge in [-0.3, -0.25) is 9.59 Å². The summed E-state index contributed by atoms with van der Waals surface area (Å²) in [6.45, 7) is 5.77. The molecule has 2 amide bonds. The number of carbonyl (C=O) groups excluding carboxylic acids is 2. The lowest BCUT2D eigenvalue weighted by molar-refractivity contribution is -0.142. The molecule has 1 spiro atoms. The molecule has 0 bridgehead atoms. The van der Waals surface area contributed by atoms with Gasteiger partial charge in [-0.1, -0.05) is 11.7 Å². The molecular weight excluding hydrogens is 396 g/mol. The number of amides is 2. The number of carbonyl (C=O) groups is 2. The van der Waals surface area contributed by atoms with Gasteiger partial charge in [0.05, 0.1) is 11.9 Å². The van der Waals surface area contributed by atoms with Gasteiger partial charge < -0.3 is 19.1 Å². The lowest BCUT2D eigenvalue weighted by atomic mass is 9.89. The Morgan fingerprint density at radius 3 is 2.67 bits per heavy atom. The molecule has 0 aromatic carbocycles. The second kappa shape index (κ2) is 7.79. The zero-order valence-corrected chi connectivity index (χ0v) is 16.6. The van der Waals surface area contributed by atoms with E-state index in [4.69, 9.17) is 9.26 Å². The van der Waals surface area contributed by atoms with Gasteiger partial charge in [0.1, 0.15) is 18.3 Å². The van der Waals surface area contributed by atoms with Crippen LogP contribution in [0, 0.1) is 0 Å². The van der Waals surface area contributed by atoms with Crippen LogP contribution >= 0.6 is 0 Å². The zero-order valence-electron chi connectivity index (χ0n) is 16.6. The van der Waals surface area contributed by atoms with Gasteiger partial charge in [0.2, 0.25) is 0 Å². The fourth-order valence-corrected chi connectivity index (χ4v) is 4.47. The van der Waals surface area contributed by atoms with E-state index in [1.807, 2.05) is 0 Å². The predicted octanol–water partition coefficient (Wildman–Crippen LogP) is 3.28. The largest absolute Gasteiger partial charge is 0.364 e. The van der Waals surface area contributed by atoms with Crippen LogP contribution in [0.25, 0.3) is 0 Å². The predicted molar refractivity (Wildman–Crippen MR) is 102 cm³/mol. The summed E-state index contributed by atoms with van der Waals surface area (Å²) in [5.74, 6) is -1.79. The van der Waals surface area contributed by atoms with Crippen molar-refractivity contribution in [3.8, 4) is 0 Å².